The van der Waals surface area contributed by atoms with Crippen molar-refractivity contribution in [3.63, 3.8) is 0 Å². The summed E-state index contributed by atoms with van der Waals surface area (Å²) in [4.78, 5) is 18.4. The molecule has 4 unspecified atom stereocenters. The molecule has 15 rings (SSSR count). The van der Waals surface area contributed by atoms with Crippen LogP contribution >= 0.6 is 0 Å². The van der Waals surface area contributed by atoms with E-state index in [2.05, 4.69) is 184 Å². The fourth-order valence-corrected chi connectivity index (χ4v) is 14.7. The van der Waals surface area contributed by atoms with E-state index in [-0.39, 0.29) is 23.7 Å². The number of nitrogens with zero attached hydrogens (tertiary/aromatic N) is 2. The van der Waals surface area contributed by atoms with Crippen molar-refractivity contribution in [2.24, 2.45) is 5.92 Å². The van der Waals surface area contributed by atoms with Crippen LogP contribution in [0.5, 0.6) is 0 Å². The van der Waals surface area contributed by atoms with Crippen molar-refractivity contribution >= 4 is 88.8 Å². The van der Waals surface area contributed by atoms with Crippen LogP contribution < -0.4 is 9.80 Å². The molecule has 9 aromatic carbocycles. The van der Waals surface area contributed by atoms with E-state index < -0.39 is 0 Å². The molecule has 0 fully saturated rings. The standard InChI is InChI=1S/C73H62N2O2/c1-8-10-13-41(4)47-22-18-45(19-23-47)36-50-39-60-64-35-44(7)54-17-12-16-53-43(6)33-62(75(64)72(53)54)56-27-29-58-65-51(37-46-20-24-48(25-21-46)73(76)77-30-9-2)38-59-63-34-42(5)52-15-11-14-49-31-40(3)32-61(74(63)71(49)52)55-26-28-57(69(65)67(55)59)66(50)70(58)68(56)60/h8,11-12,14-29,32-35,38-40,42-44H,1,4,9-10,13,30-31,36-37H2,2-3,5-7H3. The number of allylic oxidation sites excluding steroid dienone is 6. The first-order valence-electron chi connectivity index (χ1n) is 28.2. The number of anilines is 2. The highest BCUT2D eigenvalue weighted by Crippen LogP contribution is 2.60. The van der Waals surface area contributed by atoms with Crippen LogP contribution in [0.2, 0.25) is 0 Å². The molecule has 0 amide bonds. The zero-order valence-corrected chi connectivity index (χ0v) is 44.8. The zero-order valence-electron chi connectivity index (χ0n) is 44.8. The highest BCUT2D eigenvalue weighted by Gasteiger charge is 2.42. The lowest BCUT2D eigenvalue weighted by Gasteiger charge is -2.45. The molecular weight excluding hydrogens is 937 g/mol. The lowest BCUT2D eigenvalue weighted by Crippen LogP contribution is -2.32. The summed E-state index contributed by atoms with van der Waals surface area (Å²) < 4.78 is 5.59. The second kappa shape index (κ2) is 17.1. The van der Waals surface area contributed by atoms with Gasteiger partial charge in [-0.2, -0.15) is 0 Å². The summed E-state index contributed by atoms with van der Waals surface area (Å²) in [6.07, 6.45) is 17.2. The minimum atomic E-state index is -0.269. The molecule has 77 heavy (non-hydrogen) atoms. The highest BCUT2D eigenvalue weighted by molar-refractivity contribution is 6.39. The summed E-state index contributed by atoms with van der Waals surface area (Å²) in [5, 5.41) is 10.7. The summed E-state index contributed by atoms with van der Waals surface area (Å²) in [7, 11) is 0. The first-order chi connectivity index (χ1) is 37.6. The Morgan fingerprint density at radius 3 is 1.61 bits per heavy atom. The average molecular weight is 999 g/mol. The molecular formula is C73H62N2O2. The van der Waals surface area contributed by atoms with E-state index in [0.717, 1.165) is 43.2 Å². The molecule has 0 bridgehead atoms. The molecule has 0 saturated carbocycles. The monoisotopic (exact) mass is 998 g/mol. The van der Waals surface area contributed by atoms with Crippen LogP contribution in [-0.4, -0.2) is 12.6 Å². The van der Waals surface area contributed by atoms with E-state index in [4.69, 9.17) is 4.74 Å². The second-order valence-electron chi connectivity index (χ2n) is 23.1. The topological polar surface area (TPSA) is 32.8 Å². The van der Waals surface area contributed by atoms with Crippen LogP contribution in [0.4, 0.5) is 11.4 Å². The van der Waals surface area contributed by atoms with Gasteiger partial charge in [0, 0.05) is 50.8 Å². The molecule has 0 aliphatic carbocycles. The average Bonchev–Trinajstić information content (AvgIpc) is 3.79. The Labute approximate surface area is 452 Å². The summed E-state index contributed by atoms with van der Waals surface area (Å²) in [5.41, 5.74) is 26.7. The van der Waals surface area contributed by atoms with Gasteiger partial charge in [-0.15, -0.1) is 6.58 Å². The predicted octanol–water partition coefficient (Wildman–Crippen LogP) is 18.4. The smallest absolute Gasteiger partial charge is 0.338 e. The molecule has 0 aromatic heterocycles. The number of hydrogen-bond acceptors (Lipinski definition) is 4. The quantitative estimate of drug-likeness (QED) is 0.0559. The maximum Gasteiger partial charge on any atom is 0.338 e. The third-order valence-corrected chi connectivity index (χ3v) is 18.1. The first kappa shape index (κ1) is 46.1. The number of para-hydroxylation sites is 2. The predicted molar refractivity (Wildman–Crippen MR) is 323 cm³/mol. The number of esters is 1. The van der Waals surface area contributed by atoms with Crippen molar-refractivity contribution < 1.29 is 9.53 Å². The number of fused-ring (bicyclic) bond motifs is 6. The Hall–Kier alpha value is -8.21. The molecule has 0 N–H and O–H groups in total. The first-order valence-corrected chi connectivity index (χ1v) is 28.2. The van der Waals surface area contributed by atoms with Crippen LogP contribution in [-0.2, 0) is 24.0 Å². The van der Waals surface area contributed by atoms with Gasteiger partial charge in [-0.05, 0) is 157 Å². The van der Waals surface area contributed by atoms with Crippen LogP contribution in [0.3, 0.4) is 0 Å². The van der Waals surface area contributed by atoms with Crippen molar-refractivity contribution in [1.82, 2.24) is 0 Å². The molecule has 0 saturated heterocycles. The Balaban J connectivity index is 1.05. The summed E-state index contributed by atoms with van der Waals surface area (Å²) in [6.45, 7) is 20.4. The SMILES string of the molecule is C=CCCC(=C)c1ccc(Cc2cc3c4c(ccc5c6c(Cc7ccc(C(=O)OCCC)cc7)cc7c8c(ccc(c2c45)c86)C2=CC(C)Cc4cccc5c4N2C7=CC5C)C2=CC(C)c4cccc5c4N2C3=CC5C)cc1. The highest BCUT2D eigenvalue weighted by atomic mass is 16.5. The van der Waals surface area contributed by atoms with Crippen molar-refractivity contribution in [3.05, 3.63) is 243 Å². The Morgan fingerprint density at radius 1 is 0.571 bits per heavy atom. The van der Waals surface area contributed by atoms with Gasteiger partial charge >= 0.3 is 5.97 Å². The number of rotatable bonds is 11. The number of carbonyl (C=O) groups excluding carboxylic acids is 1. The normalized spacial score (nSPS) is 19.1. The molecule has 6 heterocycles. The van der Waals surface area contributed by atoms with Gasteiger partial charge in [0.15, 0.2) is 0 Å². The molecule has 4 nitrogen and oxygen atoms in total. The largest absolute Gasteiger partial charge is 0.462 e. The van der Waals surface area contributed by atoms with Crippen molar-refractivity contribution in [1.29, 1.82) is 0 Å². The zero-order chi connectivity index (χ0) is 52.1. The lowest BCUT2D eigenvalue weighted by molar-refractivity contribution is 0.0505. The van der Waals surface area contributed by atoms with E-state index >= 15 is 0 Å². The van der Waals surface area contributed by atoms with E-state index in [0.29, 0.717) is 24.5 Å². The second-order valence-corrected chi connectivity index (χ2v) is 23.1. The van der Waals surface area contributed by atoms with E-state index in [9.17, 15) is 4.79 Å². The molecule has 0 radical (unpaired) electrons. The van der Waals surface area contributed by atoms with Crippen LogP contribution in [0.15, 0.2) is 165 Å². The lowest BCUT2D eigenvalue weighted by atomic mass is 9.74. The van der Waals surface area contributed by atoms with Gasteiger partial charge in [-0.25, -0.2) is 4.79 Å². The molecule has 4 heteroatoms. The Morgan fingerprint density at radius 2 is 1.06 bits per heavy atom. The number of hydrogen-bond donors (Lipinski definition) is 0. The number of carbonyl (C=O) groups is 1. The molecule has 0 spiro atoms. The Kier molecular flexibility index (Phi) is 10.3. The minimum absolute atomic E-state index is 0.243. The van der Waals surface area contributed by atoms with Gasteiger partial charge in [0.2, 0.25) is 0 Å². The van der Waals surface area contributed by atoms with E-state index in [1.54, 1.807) is 0 Å². The fraction of sp³-hybridized carbons (Fsp3) is 0.219. The van der Waals surface area contributed by atoms with Crippen molar-refractivity contribution in [2.75, 3.05) is 16.4 Å². The molecule has 4 atom stereocenters. The summed E-state index contributed by atoms with van der Waals surface area (Å²) in [6, 6.07) is 46.4. The van der Waals surface area contributed by atoms with Crippen molar-refractivity contribution in [3.8, 4) is 0 Å². The third-order valence-electron chi connectivity index (χ3n) is 18.1. The van der Waals surface area contributed by atoms with Gasteiger partial charge in [-0.1, -0.05) is 169 Å². The summed E-state index contributed by atoms with van der Waals surface area (Å²) in [5.74, 6) is 0.852. The molecule has 376 valence electrons. The third kappa shape index (κ3) is 6.67. The van der Waals surface area contributed by atoms with E-state index in [1.165, 1.54) is 144 Å². The van der Waals surface area contributed by atoms with Crippen molar-refractivity contribution in [2.45, 2.75) is 90.9 Å². The maximum atomic E-state index is 13.1. The minimum Gasteiger partial charge on any atom is -0.462 e. The summed E-state index contributed by atoms with van der Waals surface area (Å²) >= 11 is 0. The van der Waals surface area contributed by atoms with Gasteiger partial charge in [0.05, 0.1) is 46.3 Å². The van der Waals surface area contributed by atoms with Crippen LogP contribution in [0.25, 0.3) is 71.5 Å². The molecule has 6 aliphatic rings. The van der Waals surface area contributed by atoms with Crippen LogP contribution in [0, 0.1) is 5.92 Å². The van der Waals surface area contributed by atoms with Crippen LogP contribution in [0.1, 0.15) is 154 Å². The van der Waals surface area contributed by atoms with Gasteiger partial charge in [0.25, 0.3) is 0 Å². The Bertz CT molecular complexity index is 4240. The molecule has 6 aliphatic heterocycles. The fourth-order valence-electron chi connectivity index (χ4n) is 14.7. The van der Waals surface area contributed by atoms with Gasteiger partial charge in [0.1, 0.15) is 0 Å². The van der Waals surface area contributed by atoms with Gasteiger partial charge in [-0.3, -0.25) is 0 Å². The molecule has 9 aromatic rings. The maximum absolute atomic E-state index is 13.1. The van der Waals surface area contributed by atoms with Gasteiger partial charge < -0.3 is 14.5 Å². The number of ether oxygens (including phenoxy) is 1. The van der Waals surface area contributed by atoms with E-state index in [1.807, 2.05) is 25.1 Å². The number of benzene rings is 9.